The Balaban J connectivity index is 0.000000331. The minimum atomic E-state index is -1.18. The number of carboxylic acid groups (broad SMARTS) is 2. The molecule has 138 valence electrons. The predicted octanol–water partition coefficient (Wildman–Crippen LogP) is -3.17. The van der Waals surface area contributed by atoms with Gasteiger partial charge in [0.1, 0.15) is 12.1 Å². The third kappa shape index (κ3) is 9.02. The fraction of sp³-hybridized carbons (Fsp3) is 0.692. The van der Waals surface area contributed by atoms with Crippen LogP contribution in [-0.4, -0.2) is 76.9 Å². The zero-order valence-electron chi connectivity index (χ0n) is 13.3. The van der Waals surface area contributed by atoms with E-state index in [-0.39, 0.29) is 6.04 Å². The molecule has 2 fully saturated rings. The fourth-order valence-electron chi connectivity index (χ4n) is 1.61. The summed E-state index contributed by atoms with van der Waals surface area (Å²) in [5.41, 5.74) is 4.91. The van der Waals surface area contributed by atoms with E-state index in [0.29, 0.717) is 13.1 Å². The van der Waals surface area contributed by atoms with Gasteiger partial charge in [0.25, 0.3) is 0 Å². The van der Waals surface area contributed by atoms with Crippen LogP contribution in [0.2, 0.25) is 0 Å². The van der Waals surface area contributed by atoms with Crippen molar-refractivity contribution in [2.24, 2.45) is 5.73 Å². The number of carboxylic acids is 2. The lowest BCUT2D eigenvalue weighted by molar-refractivity contribution is -0.141. The van der Waals surface area contributed by atoms with Crippen molar-refractivity contribution in [3.05, 3.63) is 0 Å². The third-order valence-electron chi connectivity index (χ3n) is 3.07. The number of carbonyl (C=O) groups is 4. The quantitative estimate of drug-likeness (QED) is 0.258. The fourth-order valence-corrected chi connectivity index (χ4v) is 1.61. The molecule has 3 atom stereocenters. The number of amides is 2. The molecule has 0 aromatic carbocycles. The summed E-state index contributed by atoms with van der Waals surface area (Å²) in [4.78, 5) is 40.5. The van der Waals surface area contributed by atoms with Gasteiger partial charge in [-0.3, -0.25) is 19.2 Å². The van der Waals surface area contributed by atoms with E-state index in [0.717, 1.165) is 19.4 Å². The van der Waals surface area contributed by atoms with Crippen LogP contribution in [0.15, 0.2) is 0 Å². The van der Waals surface area contributed by atoms with Crippen molar-refractivity contribution >= 4 is 23.8 Å². The molecule has 2 aliphatic heterocycles. The first-order chi connectivity index (χ1) is 11.2. The van der Waals surface area contributed by atoms with E-state index in [1.807, 2.05) is 0 Å². The Morgan fingerprint density at radius 1 is 1.12 bits per heavy atom. The van der Waals surface area contributed by atoms with E-state index in [4.69, 9.17) is 21.1 Å². The molecule has 2 aliphatic rings. The lowest BCUT2D eigenvalue weighted by Gasteiger charge is -2.10. The van der Waals surface area contributed by atoms with Gasteiger partial charge >= 0.3 is 23.8 Å². The summed E-state index contributed by atoms with van der Waals surface area (Å²) < 4.78 is 0. The van der Waals surface area contributed by atoms with Crippen molar-refractivity contribution in [3.8, 4) is 0 Å². The zero-order chi connectivity index (χ0) is 18.7. The number of nitrogens with one attached hydrogen (secondary N) is 3. The Morgan fingerprint density at radius 2 is 1.62 bits per heavy atom. The monoisotopic (exact) mass is 348 g/mol. The summed E-state index contributed by atoms with van der Waals surface area (Å²) in [6.45, 7) is 3.28. The number of carbonyl (C=O) groups excluding carboxylic acids is 2. The number of aliphatic hydroxyl groups excluding tert-OH is 1. The number of hydrogen-bond acceptors (Lipinski definition) is 7. The Labute approximate surface area is 138 Å². The van der Waals surface area contributed by atoms with E-state index >= 15 is 0 Å². The molecule has 2 saturated heterocycles. The summed E-state index contributed by atoms with van der Waals surface area (Å²) in [5.74, 6) is -2.96. The lowest BCUT2D eigenvalue weighted by atomic mass is 10.2. The lowest BCUT2D eigenvalue weighted by Crippen LogP contribution is -2.49. The van der Waals surface area contributed by atoms with Gasteiger partial charge in [-0.15, -0.1) is 0 Å². The second kappa shape index (κ2) is 11.3. The Kier molecular flexibility index (Phi) is 10.3. The molecule has 11 heteroatoms. The first-order valence-corrected chi connectivity index (χ1v) is 7.35. The van der Waals surface area contributed by atoms with Crippen molar-refractivity contribution in [2.45, 2.75) is 38.0 Å². The van der Waals surface area contributed by atoms with Gasteiger partial charge in [-0.1, -0.05) is 0 Å². The molecule has 0 aliphatic carbocycles. The summed E-state index contributed by atoms with van der Waals surface area (Å²) in [7, 11) is 0. The largest absolute Gasteiger partial charge is 0.480 e. The van der Waals surface area contributed by atoms with E-state index in [1.165, 1.54) is 6.92 Å². The highest BCUT2D eigenvalue weighted by molar-refractivity contribution is 6.35. The van der Waals surface area contributed by atoms with Crippen molar-refractivity contribution in [1.82, 2.24) is 16.0 Å². The summed E-state index contributed by atoms with van der Waals surface area (Å²) in [6.07, 6.45) is 0.805. The average Bonchev–Trinajstić information content (AvgIpc) is 3.05. The summed E-state index contributed by atoms with van der Waals surface area (Å²) >= 11 is 0. The van der Waals surface area contributed by atoms with E-state index in [2.05, 4.69) is 16.0 Å². The van der Waals surface area contributed by atoms with Crippen LogP contribution < -0.4 is 21.7 Å². The molecule has 0 radical (unpaired) electrons. The number of aliphatic carboxylic acids is 2. The summed E-state index contributed by atoms with van der Waals surface area (Å²) in [6, 6.07) is -1.43. The molecule has 0 spiro atoms. The first-order valence-electron chi connectivity index (χ1n) is 7.35. The van der Waals surface area contributed by atoms with Gasteiger partial charge in [-0.25, -0.2) is 0 Å². The average molecular weight is 348 g/mol. The van der Waals surface area contributed by atoms with Crippen LogP contribution in [0.4, 0.5) is 0 Å². The minimum Gasteiger partial charge on any atom is -0.480 e. The molecular weight excluding hydrogens is 324 g/mol. The van der Waals surface area contributed by atoms with Crippen LogP contribution in [0.1, 0.15) is 19.8 Å². The molecule has 0 saturated carbocycles. The van der Waals surface area contributed by atoms with Gasteiger partial charge in [0.05, 0.1) is 6.10 Å². The van der Waals surface area contributed by atoms with Gasteiger partial charge < -0.3 is 37.0 Å². The second-order valence-corrected chi connectivity index (χ2v) is 5.10. The van der Waals surface area contributed by atoms with E-state index in [9.17, 15) is 19.2 Å². The van der Waals surface area contributed by atoms with Crippen molar-refractivity contribution in [1.29, 1.82) is 0 Å². The SMILES string of the molecule is CC(O)C(N)C(=O)O.O=C(O)[C@@H]1CCCN1.O=C1NCCNC1=O. The summed E-state index contributed by atoms with van der Waals surface area (Å²) in [5, 5.41) is 32.5. The number of rotatable bonds is 3. The molecule has 0 aromatic heterocycles. The van der Waals surface area contributed by atoms with Gasteiger partial charge in [-0.2, -0.15) is 0 Å². The number of aliphatic hydroxyl groups is 1. The Morgan fingerprint density at radius 3 is 1.79 bits per heavy atom. The van der Waals surface area contributed by atoms with Crippen LogP contribution >= 0.6 is 0 Å². The molecule has 0 aromatic rings. The maximum atomic E-state index is 10.3. The smallest absolute Gasteiger partial charge is 0.323 e. The van der Waals surface area contributed by atoms with Crippen LogP contribution in [0.25, 0.3) is 0 Å². The van der Waals surface area contributed by atoms with Gasteiger partial charge in [0.15, 0.2) is 0 Å². The number of nitrogens with two attached hydrogens (primary N) is 1. The van der Waals surface area contributed by atoms with Crippen LogP contribution in [0.3, 0.4) is 0 Å². The molecule has 24 heavy (non-hydrogen) atoms. The van der Waals surface area contributed by atoms with Gasteiger partial charge in [0, 0.05) is 13.1 Å². The highest BCUT2D eigenvalue weighted by Gasteiger charge is 2.20. The number of piperazine rings is 1. The molecule has 2 heterocycles. The van der Waals surface area contributed by atoms with Crippen LogP contribution in [0.5, 0.6) is 0 Å². The van der Waals surface area contributed by atoms with E-state index in [1.54, 1.807) is 0 Å². The van der Waals surface area contributed by atoms with Crippen LogP contribution in [0, 0.1) is 0 Å². The van der Waals surface area contributed by atoms with Crippen molar-refractivity contribution < 1.29 is 34.5 Å². The highest BCUT2D eigenvalue weighted by Crippen LogP contribution is 2.03. The topological polar surface area (TPSA) is 191 Å². The molecule has 0 bridgehead atoms. The van der Waals surface area contributed by atoms with Crippen LogP contribution in [-0.2, 0) is 19.2 Å². The maximum Gasteiger partial charge on any atom is 0.323 e. The van der Waals surface area contributed by atoms with E-state index < -0.39 is 35.9 Å². The maximum absolute atomic E-state index is 10.3. The normalized spacial score (nSPS) is 21.7. The molecule has 2 unspecified atom stereocenters. The molecule has 8 N–H and O–H groups in total. The minimum absolute atomic E-state index is 0.269. The number of hydrogen-bond donors (Lipinski definition) is 7. The molecule has 2 rings (SSSR count). The molecule has 2 amide bonds. The van der Waals surface area contributed by atoms with Gasteiger partial charge in [-0.05, 0) is 26.3 Å². The Bertz CT molecular complexity index is 422. The standard InChI is InChI=1S/C5H9NO2.C4H6N2O2.C4H9NO3/c7-5(8)4-2-1-3-6-4;7-3-4(8)6-2-1-5-3;1-2(6)3(5)4(7)8/h4,6H,1-3H2,(H,7,8);1-2H2,(H,5,7)(H,6,8);2-3,6H,5H2,1H3,(H,7,8)/t4-;;/m0../s1. The second-order valence-electron chi connectivity index (χ2n) is 5.10. The van der Waals surface area contributed by atoms with Crippen molar-refractivity contribution in [3.63, 3.8) is 0 Å². The molecular formula is C13H24N4O7. The Hall–Kier alpha value is -2.24. The molecule has 11 nitrogen and oxygen atoms in total. The highest BCUT2D eigenvalue weighted by atomic mass is 16.4. The third-order valence-corrected chi connectivity index (χ3v) is 3.07. The zero-order valence-corrected chi connectivity index (χ0v) is 13.3. The predicted molar refractivity (Wildman–Crippen MR) is 82.0 cm³/mol. The van der Waals surface area contributed by atoms with Gasteiger partial charge in [0.2, 0.25) is 0 Å². The van der Waals surface area contributed by atoms with Crippen molar-refractivity contribution in [2.75, 3.05) is 19.6 Å². The first kappa shape index (κ1) is 21.8.